The Bertz CT molecular complexity index is 1410. The summed E-state index contributed by atoms with van der Waals surface area (Å²) in [5.41, 5.74) is 0.770. The van der Waals surface area contributed by atoms with Gasteiger partial charge in [0.2, 0.25) is 0 Å². The molecule has 0 bridgehead atoms. The number of benzene rings is 2. The fourth-order valence-corrected chi connectivity index (χ4v) is 3.98. The fourth-order valence-electron chi connectivity index (χ4n) is 3.29. The lowest BCUT2D eigenvalue weighted by Gasteiger charge is -2.19. The molecule has 0 unspecified atom stereocenters. The average molecular weight is 505 g/mol. The van der Waals surface area contributed by atoms with Gasteiger partial charge < -0.3 is 14.2 Å². The van der Waals surface area contributed by atoms with Crippen LogP contribution in [0.5, 0.6) is 11.5 Å². The van der Waals surface area contributed by atoms with Gasteiger partial charge in [0.05, 0.1) is 25.3 Å². The molecule has 0 fully saturated rings. The van der Waals surface area contributed by atoms with E-state index in [2.05, 4.69) is 9.82 Å². The van der Waals surface area contributed by atoms with Crippen molar-refractivity contribution >= 4 is 27.1 Å². The Hall–Kier alpha value is -3.64. The van der Waals surface area contributed by atoms with E-state index in [9.17, 15) is 18.0 Å². The highest BCUT2D eigenvalue weighted by Gasteiger charge is 2.21. The number of ether oxygens (including phenoxy) is 3. The van der Waals surface area contributed by atoms with E-state index in [4.69, 9.17) is 14.2 Å². The molecule has 2 aromatic carbocycles. The van der Waals surface area contributed by atoms with Gasteiger partial charge in [0.1, 0.15) is 5.60 Å². The maximum atomic E-state index is 12.7. The van der Waals surface area contributed by atoms with Gasteiger partial charge in [0.25, 0.3) is 5.56 Å². The second kappa shape index (κ2) is 9.92. The second-order valence-electron chi connectivity index (χ2n) is 8.66. The quantitative estimate of drug-likeness (QED) is 0.501. The van der Waals surface area contributed by atoms with Crippen LogP contribution in [0.4, 0.5) is 4.79 Å². The zero-order valence-corrected chi connectivity index (χ0v) is 21.1. The molecule has 2 N–H and O–H groups in total. The van der Waals surface area contributed by atoms with Crippen LogP contribution >= 0.6 is 0 Å². The van der Waals surface area contributed by atoms with Crippen molar-refractivity contribution in [1.82, 2.24) is 19.2 Å². The van der Waals surface area contributed by atoms with Crippen molar-refractivity contribution in [3.05, 3.63) is 52.3 Å². The normalized spacial score (nSPS) is 11.8. The Balaban J connectivity index is 1.85. The maximum Gasteiger partial charge on any atom is 0.422 e. The summed E-state index contributed by atoms with van der Waals surface area (Å²) in [5.74, 6) is 0.886. The van der Waals surface area contributed by atoms with Crippen molar-refractivity contribution in [3.8, 4) is 22.8 Å². The molecule has 1 amide bonds. The zero-order valence-electron chi connectivity index (χ0n) is 20.3. The first-order chi connectivity index (χ1) is 16.3. The summed E-state index contributed by atoms with van der Waals surface area (Å²) in [6.45, 7) is 4.82. The Labute approximate surface area is 203 Å². The number of nitrogens with one attached hydrogen (secondary N) is 2. The molecule has 3 aromatic rings. The number of hydrogen-bond acceptors (Lipinski definition) is 8. The van der Waals surface area contributed by atoms with Crippen molar-refractivity contribution in [2.75, 3.05) is 14.2 Å². The first-order valence-corrected chi connectivity index (χ1v) is 12.0. The lowest BCUT2D eigenvalue weighted by molar-refractivity contribution is 0.0569. The van der Waals surface area contributed by atoms with Crippen LogP contribution in [0.25, 0.3) is 22.0 Å². The van der Waals surface area contributed by atoms with Gasteiger partial charge in [-0.15, -0.1) is 0 Å². The molecule has 0 aliphatic rings. The topological polar surface area (TPSA) is 138 Å². The number of amides is 1. The van der Waals surface area contributed by atoms with Crippen molar-refractivity contribution in [1.29, 1.82) is 0 Å². The van der Waals surface area contributed by atoms with Crippen LogP contribution in [-0.4, -0.2) is 44.1 Å². The Kier molecular flexibility index (Phi) is 7.36. The van der Waals surface area contributed by atoms with Crippen molar-refractivity contribution < 1.29 is 27.4 Å². The molecular weight excluding hydrogens is 476 g/mol. The number of carbonyl (C=O) groups is 1. The minimum atomic E-state index is -4.12. The van der Waals surface area contributed by atoms with Crippen LogP contribution in [0.3, 0.4) is 0 Å². The molecule has 1 heterocycles. The van der Waals surface area contributed by atoms with Crippen molar-refractivity contribution in [3.63, 3.8) is 0 Å². The largest absolute Gasteiger partial charge is 0.493 e. The number of nitrogens with zero attached hydrogens (tertiary/aromatic N) is 2. The Morgan fingerprint density at radius 3 is 2.14 bits per heavy atom. The number of fused-ring (bicyclic) bond motifs is 1. The van der Waals surface area contributed by atoms with Crippen LogP contribution < -0.4 is 24.5 Å². The lowest BCUT2D eigenvalue weighted by Crippen LogP contribution is -2.42. The predicted molar refractivity (Wildman–Crippen MR) is 131 cm³/mol. The highest BCUT2D eigenvalue weighted by molar-refractivity contribution is 7.88. The standard InChI is InChI=1S/C23H28N4O7S/c1-23(2,3)34-22(29)26-35(30,31)24-13-14-7-9-15(10-8-14)20-16-11-18(32-5)19(33-6)12-17(16)21(28)27(4)25-20/h7-12,24H,13H2,1-6H3,(H,26,29). The first kappa shape index (κ1) is 26.0. The van der Waals surface area contributed by atoms with Crippen LogP contribution in [0, 0.1) is 0 Å². The minimum Gasteiger partial charge on any atom is -0.493 e. The van der Waals surface area contributed by atoms with E-state index in [0.717, 1.165) is 0 Å². The van der Waals surface area contributed by atoms with E-state index in [1.54, 1.807) is 64.2 Å². The molecule has 12 heteroatoms. The molecule has 3 rings (SSSR count). The minimum absolute atomic E-state index is 0.0646. The molecule has 11 nitrogen and oxygen atoms in total. The van der Waals surface area contributed by atoms with Gasteiger partial charge in [-0.2, -0.15) is 18.2 Å². The van der Waals surface area contributed by atoms with Crippen LogP contribution in [0.2, 0.25) is 0 Å². The fraction of sp³-hybridized carbons (Fsp3) is 0.348. The molecule has 0 saturated heterocycles. The third-order valence-electron chi connectivity index (χ3n) is 4.86. The van der Waals surface area contributed by atoms with Crippen LogP contribution in [0.1, 0.15) is 26.3 Å². The Morgan fingerprint density at radius 2 is 1.60 bits per heavy atom. The molecule has 0 saturated carbocycles. The summed E-state index contributed by atoms with van der Waals surface area (Å²) < 4.78 is 45.3. The number of hydrogen-bond donors (Lipinski definition) is 2. The van der Waals surface area contributed by atoms with Gasteiger partial charge in [-0.05, 0) is 38.5 Å². The van der Waals surface area contributed by atoms with Crippen LogP contribution in [-0.2, 0) is 28.5 Å². The monoisotopic (exact) mass is 504 g/mol. The number of aryl methyl sites for hydroxylation is 1. The van der Waals surface area contributed by atoms with Gasteiger partial charge in [-0.3, -0.25) is 4.79 Å². The molecule has 0 aliphatic heterocycles. The molecular formula is C23H28N4O7S. The first-order valence-electron chi connectivity index (χ1n) is 10.6. The number of rotatable bonds is 7. The third kappa shape index (κ3) is 6.28. The molecule has 35 heavy (non-hydrogen) atoms. The van der Waals surface area contributed by atoms with Gasteiger partial charge >= 0.3 is 16.3 Å². The van der Waals surface area contributed by atoms with Crippen molar-refractivity contribution in [2.45, 2.75) is 32.9 Å². The van der Waals surface area contributed by atoms with Gasteiger partial charge in [-0.25, -0.2) is 14.2 Å². The van der Waals surface area contributed by atoms with E-state index in [1.807, 2.05) is 4.72 Å². The predicted octanol–water partition coefficient (Wildman–Crippen LogP) is 2.48. The van der Waals surface area contributed by atoms with Gasteiger partial charge in [0, 0.05) is 24.5 Å². The summed E-state index contributed by atoms with van der Waals surface area (Å²) in [4.78, 5) is 24.4. The number of aromatic nitrogens is 2. The average Bonchev–Trinajstić information content (AvgIpc) is 2.78. The van der Waals surface area contributed by atoms with Gasteiger partial charge in [-0.1, -0.05) is 24.3 Å². The molecule has 0 aliphatic carbocycles. The molecule has 0 atom stereocenters. The summed E-state index contributed by atoms with van der Waals surface area (Å²) in [6.07, 6.45) is -1.07. The van der Waals surface area contributed by atoms with Crippen molar-refractivity contribution in [2.24, 2.45) is 7.05 Å². The summed E-state index contributed by atoms with van der Waals surface area (Å²) >= 11 is 0. The van der Waals surface area contributed by atoms with Gasteiger partial charge in [0.15, 0.2) is 11.5 Å². The molecule has 1 aromatic heterocycles. The second-order valence-corrected chi connectivity index (χ2v) is 10.2. The number of carbonyl (C=O) groups excluding carboxylic acids is 1. The zero-order chi connectivity index (χ0) is 26.0. The molecule has 0 spiro atoms. The van der Waals surface area contributed by atoms with E-state index in [0.29, 0.717) is 39.1 Å². The highest BCUT2D eigenvalue weighted by Crippen LogP contribution is 2.34. The SMILES string of the molecule is COc1cc2c(-c3ccc(CNS(=O)(=O)NC(=O)OC(C)(C)C)cc3)nn(C)c(=O)c2cc1OC. The van der Waals surface area contributed by atoms with E-state index in [-0.39, 0.29) is 12.1 Å². The van der Waals surface area contributed by atoms with E-state index >= 15 is 0 Å². The Morgan fingerprint density at radius 1 is 1.03 bits per heavy atom. The summed E-state index contributed by atoms with van der Waals surface area (Å²) in [6, 6.07) is 10.3. The molecule has 0 radical (unpaired) electrons. The smallest absolute Gasteiger partial charge is 0.422 e. The molecule has 188 valence electrons. The number of methoxy groups -OCH3 is 2. The maximum absolute atomic E-state index is 12.7. The highest BCUT2D eigenvalue weighted by atomic mass is 32.2. The summed E-state index contributed by atoms with van der Waals surface area (Å²) in [5, 5.41) is 5.41. The third-order valence-corrected chi connectivity index (χ3v) is 5.82. The summed E-state index contributed by atoms with van der Waals surface area (Å²) in [7, 11) is 0.438. The lowest BCUT2D eigenvalue weighted by atomic mass is 10.0. The van der Waals surface area contributed by atoms with E-state index in [1.165, 1.54) is 18.9 Å². The van der Waals surface area contributed by atoms with Crippen LogP contribution in [0.15, 0.2) is 41.2 Å². The van der Waals surface area contributed by atoms with E-state index < -0.39 is 21.9 Å².